The van der Waals surface area contributed by atoms with Crippen molar-refractivity contribution in [2.75, 3.05) is 6.54 Å². The minimum absolute atomic E-state index is 0.463. The molecule has 2 aromatic rings. The van der Waals surface area contributed by atoms with Gasteiger partial charge in [-0.15, -0.1) is 0 Å². The van der Waals surface area contributed by atoms with Crippen LogP contribution < -0.4 is 10.1 Å². The van der Waals surface area contributed by atoms with Crippen molar-refractivity contribution in [2.45, 2.75) is 26.5 Å². The zero-order valence-electron chi connectivity index (χ0n) is 11.6. The highest BCUT2D eigenvalue weighted by Crippen LogP contribution is 2.21. The van der Waals surface area contributed by atoms with Gasteiger partial charge in [-0.1, -0.05) is 36.7 Å². The standard InChI is InChI=1S/C16H19ClN2O/c1-2-8-18-10-14-11-19-9-7-16(14)20-12-13-5-3-4-6-15(13)17/h3-7,9,11,18H,2,8,10,12H2,1H3. The summed E-state index contributed by atoms with van der Waals surface area (Å²) in [6, 6.07) is 9.61. The molecule has 0 unspecified atom stereocenters. The lowest BCUT2D eigenvalue weighted by atomic mass is 10.2. The summed E-state index contributed by atoms with van der Waals surface area (Å²) < 4.78 is 5.87. The number of rotatable bonds is 7. The average molecular weight is 291 g/mol. The third-order valence-corrected chi connectivity index (χ3v) is 3.31. The molecule has 0 saturated carbocycles. The number of halogens is 1. The lowest BCUT2D eigenvalue weighted by Crippen LogP contribution is -2.14. The van der Waals surface area contributed by atoms with Crippen LogP contribution in [0.25, 0.3) is 0 Å². The predicted molar refractivity (Wildman–Crippen MR) is 82.0 cm³/mol. The maximum absolute atomic E-state index is 6.13. The van der Waals surface area contributed by atoms with Gasteiger partial charge in [0.25, 0.3) is 0 Å². The van der Waals surface area contributed by atoms with Crippen molar-refractivity contribution in [1.29, 1.82) is 0 Å². The van der Waals surface area contributed by atoms with Gasteiger partial charge in [-0.05, 0) is 25.1 Å². The summed E-state index contributed by atoms with van der Waals surface area (Å²) in [5.74, 6) is 0.850. The molecule has 4 heteroatoms. The minimum atomic E-state index is 0.463. The van der Waals surface area contributed by atoms with Crippen LogP contribution in [0.15, 0.2) is 42.7 Å². The van der Waals surface area contributed by atoms with Crippen molar-refractivity contribution in [3.8, 4) is 5.75 Å². The first kappa shape index (κ1) is 14.8. The molecule has 1 aromatic heterocycles. The number of hydrogen-bond donors (Lipinski definition) is 1. The van der Waals surface area contributed by atoms with Crippen LogP contribution >= 0.6 is 11.6 Å². The van der Waals surface area contributed by atoms with Gasteiger partial charge in [-0.3, -0.25) is 4.98 Å². The molecule has 0 aliphatic heterocycles. The van der Waals surface area contributed by atoms with E-state index in [0.717, 1.165) is 41.4 Å². The van der Waals surface area contributed by atoms with Crippen molar-refractivity contribution < 1.29 is 4.74 Å². The Hall–Kier alpha value is -1.58. The molecule has 20 heavy (non-hydrogen) atoms. The first-order valence-corrected chi connectivity index (χ1v) is 7.19. The van der Waals surface area contributed by atoms with Gasteiger partial charge in [0.05, 0.1) is 0 Å². The van der Waals surface area contributed by atoms with Crippen LogP contribution in [0.2, 0.25) is 5.02 Å². The number of nitrogens with zero attached hydrogens (tertiary/aromatic N) is 1. The Bertz CT molecular complexity index is 546. The van der Waals surface area contributed by atoms with E-state index in [1.165, 1.54) is 0 Å². The number of pyridine rings is 1. The summed E-state index contributed by atoms with van der Waals surface area (Å²) in [7, 11) is 0. The van der Waals surface area contributed by atoms with Gasteiger partial charge >= 0.3 is 0 Å². The molecular weight excluding hydrogens is 272 g/mol. The zero-order chi connectivity index (χ0) is 14.2. The average Bonchev–Trinajstić information content (AvgIpc) is 2.48. The maximum Gasteiger partial charge on any atom is 0.127 e. The fourth-order valence-electron chi connectivity index (χ4n) is 1.86. The van der Waals surface area contributed by atoms with Crippen molar-refractivity contribution in [3.63, 3.8) is 0 Å². The third-order valence-electron chi connectivity index (χ3n) is 2.94. The molecule has 3 nitrogen and oxygen atoms in total. The molecule has 0 bridgehead atoms. The monoisotopic (exact) mass is 290 g/mol. The van der Waals surface area contributed by atoms with Gasteiger partial charge in [0.2, 0.25) is 0 Å². The summed E-state index contributed by atoms with van der Waals surface area (Å²) in [5, 5.41) is 4.08. The number of hydrogen-bond acceptors (Lipinski definition) is 3. The Morgan fingerprint density at radius 3 is 2.85 bits per heavy atom. The van der Waals surface area contributed by atoms with Crippen LogP contribution in [0.5, 0.6) is 5.75 Å². The summed E-state index contributed by atoms with van der Waals surface area (Å²) in [6.45, 7) is 4.36. The van der Waals surface area contributed by atoms with Gasteiger partial charge in [0, 0.05) is 35.1 Å². The molecule has 1 heterocycles. The normalized spacial score (nSPS) is 10.5. The molecule has 106 valence electrons. The second kappa shape index (κ2) is 7.88. The second-order valence-electron chi connectivity index (χ2n) is 4.54. The van der Waals surface area contributed by atoms with Crippen LogP contribution in [0.1, 0.15) is 24.5 Å². The van der Waals surface area contributed by atoms with E-state index in [-0.39, 0.29) is 0 Å². The van der Waals surface area contributed by atoms with E-state index in [0.29, 0.717) is 6.61 Å². The van der Waals surface area contributed by atoms with E-state index in [9.17, 15) is 0 Å². The predicted octanol–water partition coefficient (Wildman–Crippen LogP) is 3.81. The van der Waals surface area contributed by atoms with Crippen molar-refractivity contribution in [2.24, 2.45) is 0 Å². The lowest BCUT2D eigenvalue weighted by molar-refractivity contribution is 0.302. The Balaban J connectivity index is 2.00. The van der Waals surface area contributed by atoms with Crippen molar-refractivity contribution in [3.05, 3.63) is 58.9 Å². The fraction of sp³-hybridized carbons (Fsp3) is 0.312. The SMILES string of the molecule is CCCNCc1cnccc1OCc1ccccc1Cl. The third kappa shape index (κ3) is 4.22. The minimum Gasteiger partial charge on any atom is -0.488 e. The molecule has 1 aromatic carbocycles. The number of nitrogens with one attached hydrogen (secondary N) is 1. The fourth-order valence-corrected chi connectivity index (χ4v) is 2.05. The molecule has 0 radical (unpaired) electrons. The smallest absolute Gasteiger partial charge is 0.127 e. The van der Waals surface area contributed by atoms with E-state index >= 15 is 0 Å². The number of benzene rings is 1. The van der Waals surface area contributed by atoms with E-state index in [1.807, 2.05) is 36.5 Å². The summed E-state index contributed by atoms with van der Waals surface area (Å²) in [6.07, 6.45) is 4.69. The quantitative estimate of drug-likeness (QED) is 0.787. The van der Waals surface area contributed by atoms with Gasteiger partial charge < -0.3 is 10.1 Å². The summed E-state index contributed by atoms with van der Waals surface area (Å²) >= 11 is 6.13. The van der Waals surface area contributed by atoms with E-state index in [2.05, 4.69) is 17.2 Å². The molecule has 0 atom stereocenters. The lowest BCUT2D eigenvalue weighted by Gasteiger charge is -2.12. The van der Waals surface area contributed by atoms with Crippen LogP contribution in [0, 0.1) is 0 Å². The van der Waals surface area contributed by atoms with Crippen molar-refractivity contribution >= 4 is 11.6 Å². The Kier molecular flexibility index (Phi) is 5.84. The molecule has 0 saturated heterocycles. The van der Waals surface area contributed by atoms with E-state index < -0.39 is 0 Å². The zero-order valence-corrected chi connectivity index (χ0v) is 12.4. The van der Waals surface area contributed by atoms with Crippen LogP contribution in [0.4, 0.5) is 0 Å². The Morgan fingerprint density at radius 2 is 2.05 bits per heavy atom. The first-order chi connectivity index (χ1) is 9.81. The van der Waals surface area contributed by atoms with Crippen molar-refractivity contribution in [1.82, 2.24) is 10.3 Å². The molecule has 0 amide bonds. The van der Waals surface area contributed by atoms with E-state index in [4.69, 9.17) is 16.3 Å². The molecule has 0 spiro atoms. The maximum atomic E-state index is 6.13. The molecule has 0 fully saturated rings. The molecular formula is C16H19ClN2O. The van der Waals surface area contributed by atoms with Gasteiger partial charge in [0.15, 0.2) is 0 Å². The molecule has 1 N–H and O–H groups in total. The van der Waals surface area contributed by atoms with Crippen LogP contribution in [0.3, 0.4) is 0 Å². The number of aromatic nitrogens is 1. The molecule has 0 aliphatic carbocycles. The molecule has 2 rings (SSSR count). The summed E-state index contributed by atoms with van der Waals surface area (Å²) in [5.41, 5.74) is 2.05. The largest absolute Gasteiger partial charge is 0.488 e. The number of ether oxygens (including phenoxy) is 1. The van der Waals surface area contributed by atoms with Crippen LogP contribution in [-0.4, -0.2) is 11.5 Å². The Morgan fingerprint density at radius 1 is 1.20 bits per heavy atom. The summed E-state index contributed by atoms with van der Waals surface area (Å²) in [4.78, 5) is 4.15. The topological polar surface area (TPSA) is 34.2 Å². The first-order valence-electron chi connectivity index (χ1n) is 6.81. The van der Waals surface area contributed by atoms with Gasteiger partial charge in [0.1, 0.15) is 12.4 Å². The molecule has 0 aliphatic rings. The second-order valence-corrected chi connectivity index (χ2v) is 4.95. The van der Waals surface area contributed by atoms with Crippen LogP contribution in [-0.2, 0) is 13.2 Å². The van der Waals surface area contributed by atoms with Gasteiger partial charge in [-0.2, -0.15) is 0 Å². The van der Waals surface area contributed by atoms with Gasteiger partial charge in [-0.25, -0.2) is 0 Å². The van der Waals surface area contributed by atoms with E-state index in [1.54, 1.807) is 6.20 Å². The highest BCUT2D eigenvalue weighted by Gasteiger charge is 2.05. The highest BCUT2D eigenvalue weighted by molar-refractivity contribution is 6.31. The highest BCUT2D eigenvalue weighted by atomic mass is 35.5. The Labute approximate surface area is 124 Å².